The maximum absolute atomic E-state index is 12.9. The van der Waals surface area contributed by atoms with Crippen LogP contribution in [-0.2, 0) is 13.6 Å². The molecule has 3 aromatic rings. The number of methoxy groups -OCH3 is 1. The zero-order valence-corrected chi connectivity index (χ0v) is 17.8. The molecule has 0 radical (unpaired) electrons. The quantitative estimate of drug-likeness (QED) is 0.620. The molecule has 31 heavy (non-hydrogen) atoms. The molecule has 0 spiro atoms. The number of hydrogen-bond donors (Lipinski definition) is 0. The third-order valence-electron chi connectivity index (χ3n) is 6.11. The molecule has 1 saturated heterocycles. The first kappa shape index (κ1) is 19.6. The van der Waals surface area contributed by atoms with Crippen LogP contribution in [-0.4, -0.2) is 63.4 Å². The van der Waals surface area contributed by atoms with Gasteiger partial charge in [-0.2, -0.15) is 0 Å². The first-order chi connectivity index (χ1) is 15.0. The van der Waals surface area contributed by atoms with Crippen LogP contribution < -0.4 is 15.2 Å². The molecular weight excluding hydrogens is 396 g/mol. The molecule has 1 aliphatic carbocycles. The second-order valence-corrected chi connectivity index (χ2v) is 8.35. The van der Waals surface area contributed by atoms with Gasteiger partial charge in [-0.25, -0.2) is 4.98 Å². The Bertz CT molecular complexity index is 1190. The molecule has 0 unspecified atom stereocenters. The van der Waals surface area contributed by atoms with Crippen LogP contribution in [0.2, 0.25) is 0 Å². The van der Waals surface area contributed by atoms with Gasteiger partial charge >= 0.3 is 0 Å². The van der Waals surface area contributed by atoms with Gasteiger partial charge in [0.25, 0.3) is 11.5 Å². The van der Waals surface area contributed by atoms with E-state index in [4.69, 9.17) is 4.74 Å². The average Bonchev–Trinajstić information content (AvgIpc) is 3.53. The number of amides is 1. The van der Waals surface area contributed by atoms with Crippen molar-refractivity contribution in [2.24, 2.45) is 13.0 Å². The highest BCUT2D eigenvalue weighted by Crippen LogP contribution is 2.30. The van der Waals surface area contributed by atoms with Gasteiger partial charge in [0.15, 0.2) is 0 Å². The van der Waals surface area contributed by atoms with E-state index in [2.05, 4.69) is 15.0 Å². The molecule has 1 aliphatic heterocycles. The molecule has 0 N–H and O–H groups in total. The lowest BCUT2D eigenvalue weighted by Crippen LogP contribution is -2.48. The van der Waals surface area contributed by atoms with Crippen LogP contribution in [0.15, 0.2) is 35.5 Å². The van der Waals surface area contributed by atoms with Gasteiger partial charge in [-0.1, -0.05) is 0 Å². The molecule has 2 aromatic heterocycles. The van der Waals surface area contributed by atoms with E-state index in [1.165, 1.54) is 20.0 Å². The molecule has 2 fully saturated rings. The molecule has 9 heteroatoms. The van der Waals surface area contributed by atoms with Crippen molar-refractivity contribution in [2.45, 2.75) is 19.4 Å². The number of nitrogens with zero attached hydrogens (tertiary/aromatic N) is 6. The van der Waals surface area contributed by atoms with Crippen molar-refractivity contribution >= 4 is 22.5 Å². The van der Waals surface area contributed by atoms with Crippen molar-refractivity contribution in [1.82, 2.24) is 24.2 Å². The summed E-state index contributed by atoms with van der Waals surface area (Å²) < 4.78 is 8.55. The number of aromatic nitrogens is 4. The predicted octanol–water partition coefficient (Wildman–Crippen LogP) is 1.51. The van der Waals surface area contributed by atoms with Gasteiger partial charge in [-0.15, -0.1) is 5.10 Å². The van der Waals surface area contributed by atoms with Gasteiger partial charge in [0.05, 0.1) is 24.3 Å². The zero-order chi connectivity index (χ0) is 21.5. The molecule has 9 nitrogen and oxygen atoms in total. The van der Waals surface area contributed by atoms with Crippen molar-refractivity contribution in [3.8, 4) is 5.88 Å². The molecule has 162 valence electrons. The molecule has 1 aromatic carbocycles. The van der Waals surface area contributed by atoms with E-state index in [9.17, 15) is 9.59 Å². The molecule has 1 amide bonds. The van der Waals surface area contributed by atoms with Crippen LogP contribution in [0, 0.1) is 5.92 Å². The average molecular weight is 422 g/mol. The van der Waals surface area contributed by atoms with Crippen LogP contribution in [0.1, 0.15) is 23.2 Å². The standard InChI is InChI=1S/C22H26N6O3/c1-25-13-18(20(24-25)31-2)22(30)27-9-7-26(8-10-27)16-5-6-17-19(11-16)23-14-28(21(17)29)12-15-3-4-15/h5-6,11,13-15H,3-4,7-10,12H2,1-2H3. The van der Waals surface area contributed by atoms with Crippen LogP contribution in [0.5, 0.6) is 5.88 Å². The number of carbonyl (C=O) groups excluding carboxylic acids is 1. The van der Waals surface area contributed by atoms with Gasteiger partial charge in [0.2, 0.25) is 5.88 Å². The lowest BCUT2D eigenvalue weighted by Gasteiger charge is -2.36. The summed E-state index contributed by atoms with van der Waals surface area (Å²) in [5.74, 6) is 0.908. The summed E-state index contributed by atoms with van der Waals surface area (Å²) >= 11 is 0. The minimum atomic E-state index is -0.0685. The van der Waals surface area contributed by atoms with Crippen LogP contribution in [0.3, 0.4) is 0 Å². The van der Waals surface area contributed by atoms with Crippen molar-refractivity contribution in [3.05, 3.63) is 46.6 Å². The van der Waals surface area contributed by atoms with Crippen molar-refractivity contribution in [3.63, 3.8) is 0 Å². The molecule has 0 bridgehead atoms. The maximum Gasteiger partial charge on any atom is 0.261 e. The molecule has 1 saturated carbocycles. The largest absolute Gasteiger partial charge is 0.479 e. The van der Waals surface area contributed by atoms with Gasteiger partial charge < -0.3 is 14.5 Å². The molecular formula is C22H26N6O3. The number of benzene rings is 1. The minimum Gasteiger partial charge on any atom is -0.479 e. The second kappa shape index (κ2) is 7.72. The number of carbonyl (C=O) groups is 1. The number of hydrogen-bond acceptors (Lipinski definition) is 6. The summed E-state index contributed by atoms with van der Waals surface area (Å²) in [7, 11) is 3.29. The Morgan fingerprint density at radius 3 is 2.68 bits per heavy atom. The first-order valence-corrected chi connectivity index (χ1v) is 10.6. The van der Waals surface area contributed by atoms with Crippen LogP contribution in [0.25, 0.3) is 10.9 Å². The van der Waals surface area contributed by atoms with Crippen LogP contribution in [0.4, 0.5) is 5.69 Å². The molecule has 2 aliphatic rings. The van der Waals surface area contributed by atoms with E-state index >= 15 is 0 Å². The lowest BCUT2D eigenvalue weighted by molar-refractivity contribution is 0.0743. The van der Waals surface area contributed by atoms with Gasteiger partial charge in [-0.3, -0.25) is 18.8 Å². The summed E-state index contributed by atoms with van der Waals surface area (Å²) in [6.07, 6.45) is 5.76. The fourth-order valence-electron chi connectivity index (χ4n) is 4.16. The number of anilines is 1. The van der Waals surface area contributed by atoms with Gasteiger partial charge in [-0.05, 0) is 37.0 Å². The predicted molar refractivity (Wildman–Crippen MR) is 117 cm³/mol. The van der Waals surface area contributed by atoms with Crippen molar-refractivity contribution in [1.29, 1.82) is 0 Å². The number of ether oxygens (including phenoxy) is 1. The Morgan fingerprint density at radius 1 is 1.19 bits per heavy atom. The van der Waals surface area contributed by atoms with E-state index in [0.29, 0.717) is 54.4 Å². The van der Waals surface area contributed by atoms with Gasteiger partial charge in [0, 0.05) is 51.7 Å². The summed E-state index contributed by atoms with van der Waals surface area (Å²) in [6, 6.07) is 5.83. The minimum absolute atomic E-state index is 0.0317. The Morgan fingerprint density at radius 2 is 1.97 bits per heavy atom. The summed E-state index contributed by atoms with van der Waals surface area (Å²) in [5, 5.41) is 4.83. The third kappa shape index (κ3) is 3.75. The highest BCUT2D eigenvalue weighted by molar-refractivity contribution is 5.96. The lowest BCUT2D eigenvalue weighted by atomic mass is 10.2. The third-order valence-corrected chi connectivity index (χ3v) is 6.11. The molecule has 5 rings (SSSR count). The van der Waals surface area contributed by atoms with Crippen molar-refractivity contribution in [2.75, 3.05) is 38.2 Å². The smallest absolute Gasteiger partial charge is 0.261 e. The highest BCUT2D eigenvalue weighted by Gasteiger charge is 2.27. The fraction of sp³-hybridized carbons (Fsp3) is 0.455. The van der Waals surface area contributed by atoms with E-state index in [1.807, 2.05) is 23.1 Å². The normalized spacial score (nSPS) is 16.7. The van der Waals surface area contributed by atoms with E-state index in [1.54, 1.807) is 28.8 Å². The topological polar surface area (TPSA) is 85.5 Å². The Balaban J connectivity index is 1.29. The number of piperazine rings is 1. The number of fused-ring (bicyclic) bond motifs is 1. The summed E-state index contributed by atoms with van der Waals surface area (Å²) in [5.41, 5.74) is 2.25. The van der Waals surface area contributed by atoms with Crippen LogP contribution >= 0.6 is 0 Å². The van der Waals surface area contributed by atoms with E-state index in [0.717, 1.165) is 12.2 Å². The second-order valence-electron chi connectivity index (χ2n) is 8.35. The first-order valence-electron chi connectivity index (χ1n) is 10.6. The SMILES string of the molecule is COc1nn(C)cc1C(=O)N1CCN(c2ccc3c(=O)n(CC4CC4)cnc3c2)CC1. The molecule has 3 heterocycles. The monoisotopic (exact) mass is 422 g/mol. The summed E-state index contributed by atoms with van der Waals surface area (Å²) in [6.45, 7) is 3.38. The van der Waals surface area contributed by atoms with E-state index in [-0.39, 0.29) is 11.5 Å². The zero-order valence-electron chi connectivity index (χ0n) is 17.8. The fourth-order valence-corrected chi connectivity index (χ4v) is 4.16. The highest BCUT2D eigenvalue weighted by atomic mass is 16.5. The summed E-state index contributed by atoms with van der Waals surface area (Å²) in [4.78, 5) is 34.2. The Kier molecular flexibility index (Phi) is 4.88. The van der Waals surface area contributed by atoms with E-state index < -0.39 is 0 Å². The number of rotatable bonds is 5. The molecule has 0 atom stereocenters. The van der Waals surface area contributed by atoms with Gasteiger partial charge in [0.1, 0.15) is 5.56 Å². The maximum atomic E-state index is 12.9. The Hall–Kier alpha value is -3.36. The van der Waals surface area contributed by atoms with Crippen molar-refractivity contribution < 1.29 is 9.53 Å². The Labute approximate surface area is 179 Å². The number of aryl methyl sites for hydroxylation is 1.